The van der Waals surface area contributed by atoms with Gasteiger partial charge in [-0.2, -0.15) is 0 Å². The first-order valence-electron chi connectivity index (χ1n) is 22.6. The van der Waals surface area contributed by atoms with E-state index in [2.05, 4.69) is 9.80 Å². The summed E-state index contributed by atoms with van der Waals surface area (Å²) >= 11 is 2.51. The smallest absolute Gasteiger partial charge is 0.219 e. The van der Waals surface area contributed by atoms with E-state index in [4.69, 9.17) is 9.47 Å². The molecule has 0 aromatic heterocycles. The lowest BCUT2D eigenvalue weighted by atomic mass is 9.84. The minimum absolute atomic E-state index is 0.0167. The lowest BCUT2D eigenvalue weighted by Gasteiger charge is -2.35. The van der Waals surface area contributed by atoms with E-state index >= 15 is 0 Å². The Morgan fingerprint density at radius 2 is 0.742 bits per heavy atom. The summed E-state index contributed by atoms with van der Waals surface area (Å²) in [6, 6.07) is 39.0. The van der Waals surface area contributed by atoms with Gasteiger partial charge in [-0.1, -0.05) is 96.3 Å². The van der Waals surface area contributed by atoms with E-state index in [0.717, 1.165) is 59.8 Å². The maximum atomic E-state index is 13.9. The monoisotopic (exact) mass is 926 g/mol. The van der Waals surface area contributed by atoms with Crippen LogP contribution in [0.5, 0.6) is 0 Å². The number of morpholine rings is 2. The van der Waals surface area contributed by atoms with Crippen molar-refractivity contribution in [3.05, 3.63) is 166 Å². The van der Waals surface area contributed by atoms with E-state index in [1.165, 1.54) is 23.5 Å². The van der Waals surface area contributed by atoms with Gasteiger partial charge in [0.05, 0.1) is 37.5 Å². The Morgan fingerprint density at radius 1 is 0.455 bits per heavy atom. The van der Waals surface area contributed by atoms with Crippen LogP contribution in [0.3, 0.4) is 0 Å². The van der Waals surface area contributed by atoms with Gasteiger partial charge < -0.3 is 19.3 Å². The van der Waals surface area contributed by atoms with Crippen LogP contribution in [0.15, 0.2) is 121 Å². The fourth-order valence-electron chi connectivity index (χ4n) is 8.30. The zero-order valence-electron chi connectivity index (χ0n) is 39.1. The summed E-state index contributed by atoms with van der Waals surface area (Å²) in [7, 11) is 7.73. The van der Waals surface area contributed by atoms with Gasteiger partial charge in [-0.15, -0.1) is 0 Å². The molecule has 0 aliphatic carbocycles. The molecule has 66 heavy (non-hydrogen) atoms. The number of ketones is 2. The summed E-state index contributed by atoms with van der Waals surface area (Å²) in [5.41, 5.74) is 7.22. The van der Waals surface area contributed by atoms with Crippen molar-refractivity contribution in [1.82, 2.24) is 9.80 Å². The summed E-state index contributed by atoms with van der Waals surface area (Å²) < 4.78 is 11.0. The van der Waals surface area contributed by atoms with Gasteiger partial charge in [0.25, 0.3) is 0 Å². The Bertz CT molecular complexity index is 2260. The average molecular weight is 927 g/mol. The van der Waals surface area contributed by atoms with Crippen LogP contribution in [0.2, 0.25) is 0 Å². The van der Waals surface area contributed by atoms with Crippen molar-refractivity contribution >= 4 is 56.7 Å². The van der Waals surface area contributed by atoms with E-state index in [0.29, 0.717) is 73.0 Å². The molecule has 5 aromatic rings. The number of benzene rings is 5. The van der Waals surface area contributed by atoms with Crippen molar-refractivity contribution in [3.63, 3.8) is 0 Å². The third kappa shape index (κ3) is 11.9. The van der Waals surface area contributed by atoms with Crippen LogP contribution in [-0.2, 0) is 33.8 Å². The molecule has 2 atom stereocenters. The number of likely N-dealkylation sites (N-methyl/N-ethyl adjacent to an activating group) is 2. The lowest BCUT2D eigenvalue weighted by Crippen LogP contribution is -2.50. The Balaban J connectivity index is 0.866. The van der Waals surface area contributed by atoms with E-state index in [-0.39, 0.29) is 21.8 Å². The molecule has 5 aromatic carbocycles. The molecule has 2 heterocycles. The van der Waals surface area contributed by atoms with Gasteiger partial charge in [-0.25, -0.2) is 0 Å². The number of anilines is 2. The predicted molar refractivity (Wildman–Crippen MR) is 270 cm³/mol. The molecular formula is C54H62N4O6S2. The molecule has 0 N–H and O–H groups in total. The van der Waals surface area contributed by atoms with Crippen molar-refractivity contribution in [2.45, 2.75) is 49.3 Å². The molecule has 2 aliphatic rings. The highest BCUT2D eigenvalue weighted by atomic mass is 32.2. The topological polar surface area (TPSA) is 99.7 Å². The summed E-state index contributed by atoms with van der Waals surface area (Å²) in [5.74, 6) is 1.15. The summed E-state index contributed by atoms with van der Waals surface area (Å²) in [6.45, 7) is 10.2. The molecule has 2 saturated heterocycles. The number of carbonyl (C=O) groups excluding carboxylic acids is 4. The van der Waals surface area contributed by atoms with Crippen LogP contribution in [0.25, 0.3) is 0 Å². The zero-order valence-corrected chi connectivity index (χ0v) is 40.7. The molecule has 0 bridgehead atoms. The molecular weight excluding hydrogens is 865 g/mol. The predicted octanol–water partition coefficient (Wildman–Crippen LogP) is 9.00. The molecule has 7 rings (SSSR count). The molecule has 346 valence electrons. The number of hydrogen-bond acceptors (Lipinski definition) is 12. The van der Waals surface area contributed by atoms with Gasteiger partial charge in [0.15, 0.2) is 11.6 Å². The van der Waals surface area contributed by atoms with Crippen LogP contribution < -0.4 is 9.80 Å². The molecule has 0 saturated carbocycles. The highest BCUT2D eigenvalue weighted by Gasteiger charge is 2.38. The SMILES string of the molecule is CN(C)C(C)(Cc1ccc(C(=O)SCc2ccc(CSC(=O)c3ccc(CC(C)(C(=O)c4ccc(N5CCOCC5)cc4)N(C)C)cc3)cc2)cc1)C(=O)c1ccc(N2CCOCC2)cc1. The second-order valence-corrected chi connectivity index (χ2v) is 19.9. The number of thioether (sulfide) groups is 2. The van der Waals surface area contributed by atoms with Crippen molar-refractivity contribution in [2.75, 3.05) is 90.6 Å². The van der Waals surface area contributed by atoms with Crippen molar-refractivity contribution in [1.29, 1.82) is 0 Å². The first kappa shape index (κ1) is 48.8. The third-order valence-corrected chi connectivity index (χ3v) is 15.2. The molecule has 2 fully saturated rings. The van der Waals surface area contributed by atoms with Crippen molar-refractivity contribution in [2.24, 2.45) is 0 Å². The van der Waals surface area contributed by atoms with Crippen LogP contribution in [-0.4, -0.2) is 123 Å². The van der Waals surface area contributed by atoms with Gasteiger partial charge in [0.1, 0.15) is 0 Å². The highest BCUT2D eigenvalue weighted by molar-refractivity contribution is 8.13. The number of nitrogens with zero attached hydrogens (tertiary/aromatic N) is 4. The maximum absolute atomic E-state index is 13.9. The Labute approximate surface area is 399 Å². The quantitative estimate of drug-likeness (QED) is 0.0785. The number of carbonyl (C=O) groups is 4. The standard InChI is InChI=1S/C54H62N4O6S2/c1-53(55(3)4,49(59)43-19-23-47(24-20-43)57-27-31-63-32-28-57)35-39-11-15-45(16-12-39)51(61)65-37-41-7-9-42(10-8-41)38-66-52(62)46-17-13-40(14-18-46)36-54(2,56(5)6)50(60)44-21-25-48(26-22-44)58-29-33-64-34-30-58/h7-26H,27-38H2,1-6H3. The maximum Gasteiger partial charge on any atom is 0.219 e. The molecule has 2 unspecified atom stereocenters. The first-order valence-corrected chi connectivity index (χ1v) is 24.6. The molecule has 0 radical (unpaired) electrons. The first-order chi connectivity index (χ1) is 31.7. The number of ether oxygens (including phenoxy) is 2. The van der Waals surface area contributed by atoms with Gasteiger partial charge in [-0.3, -0.25) is 29.0 Å². The average Bonchev–Trinajstić information content (AvgIpc) is 3.35. The summed E-state index contributed by atoms with van der Waals surface area (Å²) in [4.78, 5) is 62.8. The van der Waals surface area contributed by atoms with Gasteiger partial charge in [-0.05, 0) is 126 Å². The second kappa shape index (κ2) is 22.1. The zero-order chi connectivity index (χ0) is 46.8. The molecule has 0 spiro atoms. The van der Waals surface area contributed by atoms with Crippen LogP contribution in [0.1, 0.15) is 77.5 Å². The minimum Gasteiger partial charge on any atom is -0.378 e. The van der Waals surface area contributed by atoms with Crippen LogP contribution >= 0.6 is 23.5 Å². The number of Topliss-reactive ketones (excluding diaryl/α,β-unsaturated/α-hetero) is 2. The van der Waals surface area contributed by atoms with Gasteiger partial charge in [0, 0.05) is 71.3 Å². The Kier molecular flexibility index (Phi) is 16.4. The van der Waals surface area contributed by atoms with Crippen LogP contribution in [0, 0.1) is 0 Å². The minimum atomic E-state index is -0.776. The Morgan fingerprint density at radius 3 is 1.05 bits per heavy atom. The van der Waals surface area contributed by atoms with E-state index in [1.54, 1.807) is 0 Å². The molecule has 12 heteroatoms. The fraction of sp³-hybridized carbons (Fsp3) is 0.370. The molecule has 2 aliphatic heterocycles. The lowest BCUT2D eigenvalue weighted by molar-refractivity contribution is 0.0713. The summed E-state index contributed by atoms with van der Waals surface area (Å²) in [5, 5.41) is -0.0334. The van der Waals surface area contributed by atoms with Crippen molar-refractivity contribution in [3.8, 4) is 0 Å². The van der Waals surface area contributed by atoms with E-state index < -0.39 is 11.1 Å². The third-order valence-electron chi connectivity index (χ3n) is 13.2. The highest BCUT2D eigenvalue weighted by Crippen LogP contribution is 2.29. The van der Waals surface area contributed by atoms with E-state index in [9.17, 15) is 19.2 Å². The van der Waals surface area contributed by atoms with E-state index in [1.807, 2.05) is 173 Å². The second-order valence-electron chi connectivity index (χ2n) is 18.0. The Hall–Kier alpha value is -5.08. The fourth-order valence-corrected chi connectivity index (χ4v) is 9.89. The van der Waals surface area contributed by atoms with Gasteiger partial charge >= 0.3 is 0 Å². The largest absolute Gasteiger partial charge is 0.378 e. The van der Waals surface area contributed by atoms with Crippen molar-refractivity contribution < 1.29 is 28.7 Å². The molecule has 10 nitrogen and oxygen atoms in total. The molecule has 0 amide bonds. The number of rotatable bonds is 18. The number of hydrogen-bond donors (Lipinski definition) is 0. The van der Waals surface area contributed by atoms with Gasteiger partial charge in [0.2, 0.25) is 10.2 Å². The van der Waals surface area contributed by atoms with Crippen LogP contribution in [0.4, 0.5) is 11.4 Å². The summed E-state index contributed by atoms with van der Waals surface area (Å²) in [6.07, 6.45) is 1.00. The normalized spacial score (nSPS) is 16.2.